The third kappa shape index (κ3) is 5.72. The Balaban J connectivity index is 1.28. The van der Waals surface area contributed by atoms with E-state index in [-0.39, 0.29) is 12.1 Å². The number of nitrogens with zero attached hydrogens (tertiary/aromatic N) is 4. The van der Waals surface area contributed by atoms with Crippen molar-refractivity contribution in [2.24, 2.45) is 0 Å². The van der Waals surface area contributed by atoms with E-state index in [1.54, 1.807) is 11.1 Å². The second-order valence-electron chi connectivity index (χ2n) is 9.06. The summed E-state index contributed by atoms with van der Waals surface area (Å²) in [7, 11) is 0. The second kappa shape index (κ2) is 10.8. The maximum absolute atomic E-state index is 13.2. The molecule has 2 heterocycles. The first kappa shape index (κ1) is 26.3. The average Bonchev–Trinajstić information content (AvgIpc) is 3.41. The number of carbonyl (C=O) groups is 1. The quantitative estimate of drug-likeness (QED) is 0.265. The zero-order valence-corrected chi connectivity index (χ0v) is 21.6. The third-order valence-electron chi connectivity index (χ3n) is 6.65. The van der Waals surface area contributed by atoms with Crippen molar-refractivity contribution in [1.82, 2.24) is 19.6 Å². The number of carbonyl (C=O) groups excluding carboxylic acids is 1. The van der Waals surface area contributed by atoms with Gasteiger partial charge in [0.25, 0.3) is 0 Å². The summed E-state index contributed by atoms with van der Waals surface area (Å²) in [6, 6.07) is 20.0. The van der Waals surface area contributed by atoms with Gasteiger partial charge in [-0.3, -0.25) is 4.90 Å². The van der Waals surface area contributed by atoms with E-state index < -0.39 is 11.7 Å². The molecular weight excluding hydrogens is 536 g/mol. The van der Waals surface area contributed by atoms with Gasteiger partial charge >= 0.3 is 12.2 Å². The summed E-state index contributed by atoms with van der Waals surface area (Å²) in [6.07, 6.45) is -1.38. The van der Waals surface area contributed by atoms with Gasteiger partial charge in [-0.1, -0.05) is 59.6 Å². The maximum atomic E-state index is 13.2. The summed E-state index contributed by atoms with van der Waals surface area (Å²) >= 11 is 12.2. The average molecular weight is 559 g/mol. The fraction of sp³-hybridized carbons (Fsp3) is 0.214. The molecule has 1 amide bonds. The summed E-state index contributed by atoms with van der Waals surface area (Å²) in [5.41, 5.74) is 2.57. The molecule has 1 aromatic heterocycles. The zero-order valence-electron chi connectivity index (χ0n) is 20.1. The lowest BCUT2D eigenvalue weighted by atomic mass is 9.96. The van der Waals surface area contributed by atoms with Gasteiger partial charge in [-0.15, -0.1) is 0 Å². The molecule has 1 fully saturated rings. The highest BCUT2D eigenvalue weighted by Gasteiger charge is 2.31. The number of alkyl halides is 3. The topological polar surface area (TPSA) is 41.4 Å². The Labute approximate surface area is 228 Å². The number of aromatic nitrogens is 2. The lowest BCUT2D eigenvalue weighted by Crippen LogP contribution is -2.51. The Hall–Kier alpha value is -3.33. The van der Waals surface area contributed by atoms with Crippen LogP contribution in [0.25, 0.3) is 11.1 Å². The Morgan fingerprint density at radius 1 is 0.763 bits per heavy atom. The van der Waals surface area contributed by atoms with Gasteiger partial charge in [-0.05, 0) is 53.1 Å². The zero-order chi connectivity index (χ0) is 26.9. The molecule has 0 saturated carbocycles. The molecule has 0 N–H and O–H groups in total. The van der Waals surface area contributed by atoms with Crippen molar-refractivity contribution in [3.05, 3.63) is 112 Å². The molecule has 38 heavy (non-hydrogen) atoms. The number of halogens is 5. The van der Waals surface area contributed by atoms with Crippen LogP contribution in [0.3, 0.4) is 0 Å². The molecule has 196 valence electrons. The van der Waals surface area contributed by atoms with Gasteiger partial charge < -0.3 is 4.90 Å². The summed E-state index contributed by atoms with van der Waals surface area (Å²) in [5, 5.41) is 5.49. The first-order chi connectivity index (χ1) is 18.2. The molecule has 3 aromatic carbocycles. The molecule has 0 atom stereocenters. The van der Waals surface area contributed by atoms with Crippen LogP contribution in [0.2, 0.25) is 10.0 Å². The predicted molar refractivity (Wildman–Crippen MR) is 141 cm³/mol. The van der Waals surface area contributed by atoms with E-state index in [0.29, 0.717) is 47.4 Å². The lowest BCUT2D eigenvalue weighted by Gasteiger charge is -2.39. The molecule has 1 aliphatic rings. The summed E-state index contributed by atoms with van der Waals surface area (Å²) in [6.45, 7) is 2.25. The fourth-order valence-electron chi connectivity index (χ4n) is 4.65. The van der Waals surface area contributed by atoms with E-state index in [1.165, 1.54) is 23.0 Å². The number of hydrogen-bond donors (Lipinski definition) is 0. The molecular formula is C28H23Cl2F3N4O. The Bertz CT molecular complexity index is 1350. The highest BCUT2D eigenvalue weighted by atomic mass is 35.5. The van der Waals surface area contributed by atoms with E-state index in [0.717, 1.165) is 23.3 Å². The smallest absolute Gasteiger partial charge is 0.320 e. The maximum Gasteiger partial charge on any atom is 0.416 e. The molecule has 1 saturated heterocycles. The van der Waals surface area contributed by atoms with Crippen molar-refractivity contribution < 1.29 is 18.0 Å². The van der Waals surface area contributed by atoms with Crippen molar-refractivity contribution >= 4 is 29.2 Å². The lowest BCUT2D eigenvalue weighted by molar-refractivity contribution is -0.137. The molecule has 0 radical (unpaired) electrons. The van der Waals surface area contributed by atoms with Crippen LogP contribution >= 0.6 is 23.2 Å². The van der Waals surface area contributed by atoms with Crippen molar-refractivity contribution in [3.8, 4) is 11.1 Å². The number of piperazine rings is 1. The summed E-state index contributed by atoms with van der Waals surface area (Å²) < 4.78 is 39.8. The number of hydrogen-bond acceptors (Lipinski definition) is 3. The van der Waals surface area contributed by atoms with Crippen LogP contribution in [-0.4, -0.2) is 51.8 Å². The van der Waals surface area contributed by atoms with Gasteiger partial charge in [0.1, 0.15) is 0 Å². The van der Waals surface area contributed by atoms with Gasteiger partial charge in [0.05, 0.1) is 17.8 Å². The summed E-state index contributed by atoms with van der Waals surface area (Å²) in [4.78, 5) is 17.2. The van der Waals surface area contributed by atoms with Crippen molar-refractivity contribution in [1.29, 1.82) is 0 Å². The monoisotopic (exact) mass is 558 g/mol. The second-order valence-corrected chi connectivity index (χ2v) is 9.93. The Morgan fingerprint density at radius 2 is 1.29 bits per heavy atom. The number of amides is 1. The SMILES string of the molecule is O=C(N1CCN(C(c2ccc(Cl)cc2)c2ccc(Cl)cc2)CC1)n1cc(-c2ccc(C(F)(F)F)cc2)cn1. The van der Waals surface area contributed by atoms with Crippen LogP contribution < -0.4 is 0 Å². The Kier molecular flexibility index (Phi) is 7.47. The minimum absolute atomic E-state index is 0.0299. The molecule has 10 heteroatoms. The van der Waals surface area contributed by atoms with E-state index in [1.807, 2.05) is 48.5 Å². The van der Waals surface area contributed by atoms with Crippen LogP contribution in [0.1, 0.15) is 22.7 Å². The van der Waals surface area contributed by atoms with Gasteiger partial charge in [0.15, 0.2) is 0 Å². The van der Waals surface area contributed by atoms with Gasteiger partial charge in [0, 0.05) is 48.0 Å². The van der Waals surface area contributed by atoms with Crippen LogP contribution in [0.5, 0.6) is 0 Å². The highest BCUT2D eigenvalue weighted by molar-refractivity contribution is 6.30. The van der Waals surface area contributed by atoms with Gasteiger partial charge in [-0.25, -0.2) is 4.79 Å². The van der Waals surface area contributed by atoms with Crippen molar-refractivity contribution in [2.45, 2.75) is 12.2 Å². The van der Waals surface area contributed by atoms with Gasteiger partial charge in [-0.2, -0.15) is 23.0 Å². The van der Waals surface area contributed by atoms with Crippen LogP contribution in [0.15, 0.2) is 85.2 Å². The molecule has 4 aromatic rings. The molecule has 0 unspecified atom stereocenters. The van der Waals surface area contributed by atoms with Crippen molar-refractivity contribution in [2.75, 3.05) is 26.2 Å². The molecule has 5 nitrogen and oxygen atoms in total. The number of benzene rings is 3. The van der Waals surface area contributed by atoms with Crippen LogP contribution in [0, 0.1) is 0 Å². The summed E-state index contributed by atoms with van der Waals surface area (Å²) in [5.74, 6) is 0. The van der Waals surface area contributed by atoms with Crippen LogP contribution in [-0.2, 0) is 6.18 Å². The molecule has 0 bridgehead atoms. The molecule has 0 spiro atoms. The first-order valence-corrected chi connectivity index (χ1v) is 12.7. The minimum Gasteiger partial charge on any atom is -0.320 e. The van der Waals surface area contributed by atoms with E-state index >= 15 is 0 Å². The predicted octanol–water partition coefficient (Wildman–Crippen LogP) is 7.25. The largest absolute Gasteiger partial charge is 0.416 e. The normalized spacial score (nSPS) is 14.7. The standard InChI is InChI=1S/C28H23Cl2F3N4O/c29-24-9-3-20(4-10-24)26(21-5-11-25(30)12-6-21)35-13-15-36(16-14-35)27(38)37-18-22(17-34-37)19-1-7-23(8-2-19)28(31,32)33/h1-12,17-18,26H,13-16H2. The minimum atomic E-state index is -4.40. The van der Waals surface area contributed by atoms with E-state index in [4.69, 9.17) is 23.2 Å². The van der Waals surface area contributed by atoms with Gasteiger partial charge in [0.2, 0.25) is 0 Å². The Morgan fingerprint density at radius 3 is 1.79 bits per heavy atom. The molecule has 0 aliphatic carbocycles. The highest BCUT2D eigenvalue weighted by Crippen LogP contribution is 2.32. The first-order valence-electron chi connectivity index (χ1n) is 12.0. The molecule has 1 aliphatic heterocycles. The fourth-order valence-corrected chi connectivity index (χ4v) is 4.90. The van der Waals surface area contributed by atoms with E-state index in [9.17, 15) is 18.0 Å². The van der Waals surface area contributed by atoms with E-state index in [2.05, 4.69) is 10.00 Å². The molecule has 5 rings (SSSR count). The van der Waals surface area contributed by atoms with Crippen molar-refractivity contribution in [3.63, 3.8) is 0 Å². The van der Waals surface area contributed by atoms with Crippen LogP contribution in [0.4, 0.5) is 18.0 Å². The third-order valence-corrected chi connectivity index (χ3v) is 7.15. The number of rotatable bonds is 4.